The zero-order valence-electron chi connectivity index (χ0n) is 15.1. The minimum atomic E-state index is -0.862. The molecule has 0 aromatic heterocycles. The van der Waals surface area contributed by atoms with Crippen LogP contribution in [0.5, 0.6) is 0 Å². The van der Waals surface area contributed by atoms with Crippen LogP contribution in [0.4, 0.5) is 0 Å². The van der Waals surface area contributed by atoms with E-state index in [-0.39, 0.29) is 17.7 Å². The van der Waals surface area contributed by atoms with Crippen LogP contribution in [0.3, 0.4) is 0 Å². The quantitative estimate of drug-likeness (QED) is 0.494. The lowest BCUT2D eigenvalue weighted by atomic mass is 10.1. The summed E-state index contributed by atoms with van der Waals surface area (Å²) < 4.78 is 9.62. The molecule has 3 amide bonds. The van der Waals surface area contributed by atoms with Crippen molar-refractivity contribution in [3.05, 3.63) is 35.4 Å². The second kappa shape index (κ2) is 8.42. The van der Waals surface area contributed by atoms with E-state index in [1.165, 1.54) is 35.9 Å². The van der Waals surface area contributed by atoms with Crippen LogP contribution >= 0.6 is 11.8 Å². The molecule has 0 N–H and O–H groups in total. The lowest BCUT2D eigenvalue weighted by Crippen LogP contribution is -2.46. The number of carbonyl (C=O) groups excluding carboxylic acids is 5. The maximum atomic E-state index is 12.2. The maximum absolute atomic E-state index is 12.2. The number of rotatable bonds is 5. The molecule has 0 radical (unpaired) electrons. The summed E-state index contributed by atoms with van der Waals surface area (Å²) in [7, 11) is 1.28. The van der Waals surface area contributed by atoms with Crippen LogP contribution < -0.4 is 0 Å². The molecule has 3 rings (SSSR count). The molecule has 2 aliphatic rings. The number of imide groups is 1. The predicted octanol–water partition coefficient (Wildman–Crippen LogP) is -0.0572. The fraction of sp³-hybridized carbons (Fsp3) is 0.389. The summed E-state index contributed by atoms with van der Waals surface area (Å²) in [6.45, 7) is -0.500. The first kappa shape index (κ1) is 19.9. The number of nitrogens with zero attached hydrogens (tertiary/aromatic N) is 2. The number of amides is 3. The Hall–Kier alpha value is -2.88. The SMILES string of the molecule is COC(=O)[C@@H]1CN(C(=O)COC(=O)CN2C(=O)c3ccccc3C2=O)CCS1. The zero-order chi connectivity index (χ0) is 20.3. The number of thioether (sulfide) groups is 1. The van der Waals surface area contributed by atoms with Crippen LogP contribution in [0.25, 0.3) is 0 Å². The molecule has 1 saturated heterocycles. The van der Waals surface area contributed by atoms with E-state index in [0.29, 0.717) is 12.3 Å². The fourth-order valence-electron chi connectivity index (χ4n) is 2.94. The molecular formula is C18H18N2O7S. The Morgan fingerprint density at radius 3 is 2.39 bits per heavy atom. The molecular weight excluding hydrogens is 388 g/mol. The van der Waals surface area contributed by atoms with Gasteiger partial charge in [-0.05, 0) is 12.1 Å². The van der Waals surface area contributed by atoms with Crippen molar-refractivity contribution in [3.8, 4) is 0 Å². The van der Waals surface area contributed by atoms with Gasteiger partial charge in [-0.2, -0.15) is 0 Å². The Morgan fingerprint density at radius 2 is 1.79 bits per heavy atom. The lowest BCUT2D eigenvalue weighted by molar-refractivity contribution is -0.152. The summed E-state index contributed by atoms with van der Waals surface area (Å²) in [5, 5.41) is -0.475. The lowest BCUT2D eigenvalue weighted by Gasteiger charge is -2.30. The molecule has 2 heterocycles. The standard InChI is InChI=1S/C18H18N2O7S/c1-26-18(25)13-8-19(6-7-28-13)14(21)10-27-15(22)9-20-16(23)11-4-2-3-5-12(11)17(20)24/h2-5,13H,6-10H2,1H3/t13-/m0/s1. The molecule has 10 heteroatoms. The molecule has 1 atom stereocenters. The Morgan fingerprint density at radius 1 is 1.14 bits per heavy atom. The molecule has 1 aromatic rings. The number of hydrogen-bond donors (Lipinski definition) is 0. The highest BCUT2D eigenvalue weighted by Crippen LogP contribution is 2.22. The third-order valence-electron chi connectivity index (χ3n) is 4.41. The molecule has 0 spiro atoms. The van der Waals surface area contributed by atoms with Crippen LogP contribution in [0.2, 0.25) is 0 Å². The van der Waals surface area contributed by atoms with E-state index in [4.69, 9.17) is 4.74 Å². The molecule has 1 aromatic carbocycles. The average molecular weight is 406 g/mol. The van der Waals surface area contributed by atoms with Gasteiger partial charge in [0, 0.05) is 18.8 Å². The van der Waals surface area contributed by atoms with Crippen molar-refractivity contribution in [1.82, 2.24) is 9.80 Å². The number of ether oxygens (including phenoxy) is 2. The smallest absolute Gasteiger partial charge is 0.326 e. The molecule has 9 nitrogen and oxygen atoms in total. The fourth-order valence-corrected chi connectivity index (χ4v) is 4.07. The van der Waals surface area contributed by atoms with Gasteiger partial charge in [0.1, 0.15) is 11.8 Å². The molecule has 0 saturated carbocycles. The third kappa shape index (κ3) is 4.01. The normalized spacial score (nSPS) is 18.7. The Balaban J connectivity index is 1.51. The number of fused-ring (bicyclic) bond motifs is 1. The molecule has 1 fully saturated rings. The van der Waals surface area contributed by atoms with Crippen molar-refractivity contribution in [1.29, 1.82) is 0 Å². The Bertz CT molecular complexity index is 806. The Kier molecular flexibility index (Phi) is 5.98. The van der Waals surface area contributed by atoms with Crippen molar-refractivity contribution < 1.29 is 33.4 Å². The van der Waals surface area contributed by atoms with Crippen molar-refractivity contribution in [3.63, 3.8) is 0 Å². The highest BCUT2D eigenvalue weighted by molar-refractivity contribution is 8.00. The highest BCUT2D eigenvalue weighted by Gasteiger charge is 2.37. The van der Waals surface area contributed by atoms with E-state index < -0.39 is 48.1 Å². The summed E-state index contributed by atoms with van der Waals surface area (Å²) >= 11 is 1.40. The molecule has 0 aliphatic carbocycles. The van der Waals surface area contributed by atoms with Gasteiger partial charge in [0.2, 0.25) is 0 Å². The molecule has 148 valence electrons. The van der Waals surface area contributed by atoms with Gasteiger partial charge < -0.3 is 14.4 Å². The van der Waals surface area contributed by atoms with Crippen LogP contribution in [0, 0.1) is 0 Å². The second-order valence-electron chi connectivity index (χ2n) is 6.13. The predicted molar refractivity (Wildman–Crippen MR) is 97.6 cm³/mol. The van der Waals surface area contributed by atoms with E-state index in [9.17, 15) is 24.0 Å². The van der Waals surface area contributed by atoms with Crippen molar-refractivity contribution in [2.24, 2.45) is 0 Å². The highest BCUT2D eigenvalue weighted by atomic mass is 32.2. The van der Waals surface area contributed by atoms with Gasteiger partial charge in [-0.25, -0.2) is 0 Å². The van der Waals surface area contributed by atoms with E-state index in [1.54, 1.807) is 12.1 Å². The van der Waals surface area contributed by atoms with Crippen molar-refractivity contribution in [2.45, 2.75) is 5.25 Å². The first-order chi connectivity index (χ1) is 13.4. The van der Waals surface area contributed by atoms with Crippen molar-refractivity contribution in [2.75, 3.05) is 39.1 Å². The number of benzene rings is 1. The van der Waals surface area contributed by atoms with Gasteiger partial charge in [-0.3, -0.25) is 28.9 Å². The molecule has 0 bridgehead atoms. The largest absolute Gasteiger partial charge is 0.468 e. The number of carbonyl (C=O) groups is 5. The number of hydrogen-bond acceptors (Lipinski definition) is 8. The van der Waals surface area contributed by atoms with Crippen LogP contribution in [-0.4, -0.2) is 83.8 Å². The zero-order valence-corrected chi connectivity index (χ0v) is 15.9. The van der Waals surface area contributed by atoms with E-state index in [0.717, 1.165) is 4.90 Å². The first-order valence-electron chi connectivity index (χ1n) is 8.50. The molecule has 2 aliphatic heterocycles. The minimum absolute atomic E-state index is 0.173. The van der Waals surface area contributed by atoms with Crippen LogP contribution in [-0.2, 0) is 23.9 Å². The Labute approximate surface area is 164 Å². The first-order valence-corrected chi connectivity index (χ1v) is 9.55. The third-order valence-corrected chi connectivity index (χ3v) is 5.57. The summed E-state index contributed by atoms with van der Waals surface area (Å²) in [4.78, 5) is 62.6. The van der Waals surface area contributed by atoms with E-state index in [1.807, 2.05) is 0 Å². The molecule has 0 unspecified atom stereocenters. The summed E-state index contributed by atoms with van der Waals surface area (Å²) in [5.74, 6) is -2.31. The van der Waals surface area contributed by atoms with E-state index in [2.05, 4.69) is 4.74 Å². The van der Waals surface area contributed by atoms with Gasteiger partial charge in [-0.1, -0.05) is 12.1 Å². The molecule has 28 heavy (non-hydrogen) atoms. The monoisotopic (exact) mass is 406 g/mol. The average Bonchev–Trinajstić information content (AvgIpc) is 2.96. The van der Waals surface area contributed by atoms with Gasteiger partial charge in [-0.15, -0.1) is 11.8 Å². The van der Waals surface area contributed by atoms with Crippen LogP contribution in [0.1, 0.15) is 20.7 Å². The maximum Gasteiger partial charge on any atom is 0.326 e. The van der Waals surface area contributed by atoms with Crippen LogP contribution in [0.15, 0.2) is 24.3 Å². The second-order valence-corrected chi connectivity index (χ2v) is 7.44. The van der Waals surface area contributed by atoms with Crippen molar-refractivity contribution >= 4 is 41.4 Å². The minimum Gasteiger partial charge on any atom is -0.468 e. The van der Waals surface area contributed by atoms with E-state index >= 15 is 0 Å². The van der Waals surface area contributed by atoms with Gasteiger partial charge in [0.25, 0.3) is 17.7 Å². The summed E-state index contributed by atoms with van der Waals surface area (Å²) in [6, 6.07) is 6.28. The number of methoxy groups -OCH3 is 1. The number of esters is 2. The van der Waals surface area contributed by atoms with Gasteiger partial charge >= 0.3 is 11.9 Å². The summed E-state index contributed by atoms with van der Waals surface area (Å²) in [5.41, 5.74) is 0.465. The van der Waals surface area contributed by atoms with Gasteiger partial charge in [0.05, 0.1) is 18.2 Å². The topological polar surface area (TPSA) is 110 Å². The van der Waals surface area contributed by atoms with Gasteiger partial charge in [0.15, 0.2) is 6.61 Å². The summed E-state index contributed by atoms with van der Waals surface area (Å²) in [6.07, 6.45) is 0.